The highest BCUT2D eigenvalue weighted by molar-refractivity contribution is 6.08. The molecular formula is C18H24N2O4. The molecule has 1 amide bonds. The van der Waals surface area contributed by atoms with E-state index in [2.05, 4.69) is 0 Å². The Morgan fingerprint density at radius 2 is 1.92 bits per heavy atom. The Morgan fingerprint density at radius 1 is 1.29 bits per heavy atom. The summed E-state index contributed by atoms with van der Waals surface area (Å²) in [5, 5.41) is 10.2. The molecule has 2 rings (SSSR count). The molecule has 0 fully saturated rings. The maximum atomic E-state index is 12.4. The zero-order chi connectivity index (χ0) is 17.9. The smallest absolute Gasteiger partial charge is 0.290 e. The van der Waals surface area contributed by atoms with Crippen LogP contribution in [0.3, 0.4) is 0 Å². The summed E-state index contributed by atoms with van der Waals surface area (Å²) >= 11 is 0. The van der Waals surface area contributed by atoms with Gasteiger partial charge in [-0.05, 0) is 17.7 Å². The number of benzene rings is 1. The molecule has 6 heteroatoms. The lowest BCUT2D eigenvalue weighted by atomic mass is 9.95. The van der Waals surface area contributed by atoms with E-state index in [1.165, 1.54) is 4.90 Å². The van der Waals surface area contributed by atoms with Crippen molar-refractivity contribution in [1.82, 2.24) is 4.90 Å². The van der Waals surface area contributed by atoms with Gasteiger partial charge in [-0.2, -0.15) is 0 Å². The van der Waals surface area contributed by atoms with E-state index in [0.29, 0.717) is 13.2 Å². The van der Waals surface area contributed by atoms with Crippen molar-refractivity contribution >= 4 is 17.4 Å². The van der Waals surface area contributed by atoms with Crippen LogP contribution in [-0.4, -0.2) is 56.1 Å². The fourth-order valence-corrected chi connectivity index (χ4v) is 2.85. The lowest BCUT2D eigenvalue weighted by Crippen LogP contribution is -2.33. The molecule has 1 atom stereocenters. The molecule has 0 bridgehead atoms. The van der Waals surface area contributed by atoms with Crippen LogP contribution in [0.5, 0.6) is 0 Å². The van der Waals surface area contributed by atoms with Crippen LogP contribution < -0.4 is 4.90 Å². The summed E-state index contributed by atoms with van der Waals surface area (Å²) in [5.41, 5.74) is 1.99. The summed E-state index contributed by atoms with van der Waals surface area (Å²) in [6.07, 6.45) is 0.233. The second kappa shape index (κ2) is 7.49. The maximum absolute atomic E-state index is 12.4. The van der Waals surface area contributed by atoms with E-state index in [4.69, 9.17) is 4.74 Å². The van der Waals surface area contributed by atoms with Crippen LogP contribution in [0.25, 0.3) is 0 Å². The summed E-state index contributed by atoms with van der Waals surface area (Å²) in [7, 11) is 5.43. The Hall–Kier alpha value is -2.34. The molecule has 0 aromatic heterocycles. The number of rotatable bonds is 7. The number of ketones is 1. The quantitative estimate of drug-likeness (QED) is 0.828. The third-order valence-corrected chi connectivity index (χ3v) is 4.19. The SMILES string of the molecule is CCC(=O)C1=C(O)C(=O)N(CCOC)C1c1ccc(N(C)C)cc1. The van der Waals surface area contributed by atoms with Crippen molar-refractivity contribution in [3.63, 3.8) is 0 Å². The van der Waals surface area contributed by atoms with Gasteiger partial charge in [0.2, 0.25) is 0 Å². The molecule has 6 nitrogen and oxygen atoms in total. The van der Waals surface area contributed by atoms with E-state index < -0.39 is 17.7 Å². The van der Waals surface area contributed by atoms with Crippen LogP contribution in [0, 0.1) is 0 Å². The summed E-state index contributed by atoms with van der Waals surface area (Å²) < 4.78 is 5.06. The first-order valence-corrected chi connectivity index (χ1v) is 7.95. The van der Waals surface area contributed by atoms with E-state index in [0.717, 1.165) is 11.3 Å². The van der Waals surface area contributed by atoms with Gasteiger partial charge in [0.15, 0.2) is 11.5 Å². The Bertz CT molecular complexity index is 649. The van der Waals surface area contributed by atoms with Crippen molar-refractivity contribution < 1.29 is 19.4 Å². The Balaban J connectivity index is 2.45. The van der Waals surface area contributed by atoms with Crippen molar-refractivity contribution in [2.24, 2.45) is 0 Å². The Labute approximate surface area is 142 Å². The third-order valence-electron chi connectivity index (χ3n) is 4.19. The Morgan fingerprint density at radius 3 is 2.42 bits per heavy atom. The van der Waals surface area contributed by atoms with Gasteiger partial charge in [0, 0.05) is 39.9 Å². The topological polar surface area (TPSA) is 70.1 Å². The van der Waals surface area contributed by atoms with Gasteiger partial charge in [-0.3, -0.25) is 9.59 Å². The number of ether oxygens (including phenoxy) is 1. The van der Waals surface area contributed by atoms with Crippen LogP contribution in [0.15, 0.2) is 35.6 Å². The lowest BCUT2D eigenvalue weighted by Gasteiger charge is -2.27. The molecular weight excluding hydrogens is 308 g/mol. The zero-order valence-corrected chi connectivity index (χ0v) is 14.6. The third kappa shape index (κ3) is 3.28. The van der Waals surface area contributed by atoms with Crippen molar-refractivity contribution in [2.75, 3.05) is 39.3 Å². The fraction of sp³-hybridized carbons (Fsp3) is 0.444. The van der Waals surface area contributed by atoms with Gasteiger partial charge >= 0.3 is 0 Å². The molecule has 0 aliphatic carbocycles. The van der Waals surface area contributed by atoms with Crippen molar-refractivity contribution in [2.45, 2.75) is 19.4 Å². The van der Waals surface area contributed by atoms with Gasteiger partial charge in [-0.15, -0.1) is 0 Å². The minimum Gasteiger partial charge on any atom is -0.503 e. The molecule has 1 aliphatic rings. The lowest BCUT2D eigenvalue weighted by molar-refractivity contribution is -0.130. The van der Waals surface area contributed by atoms with Gasteiger partial charge in [0.05, 0.1) is 18.2 Å². The van der Waals surface area contributed by atoms with E-state index in [1.54, 1.807) is 14.0 Å². The second-order valence-electron chi connectivity index (χ2n) is 5.92. The van der Waals surface area contributed by atoms with E-state index in [9.17, 15) is 14.7 Å². The predicted molar refractivity (Wildman–Crippen MR) is 92.1 cm³/mol. The van der Waals surface area contributed by atoms with E-state index >= 15 is 0 Å². The number of hydrogen-bond acceptors (Lipinski definition) is 5. The molecule has 1 aliphatic heterocycles. The first-order chi connectivity index (χ1) is 11.4. The predicted octanol–water partition coefficient (Wildman–Crippen LogP) is 2.07. The molecule has 0 saturated carbocycles. The molecule has 0 saturated heterocycles. The van der Waals surface area contributed by atoms with Crippen LogP contribution in [0.2, 0.25) is 0 Å². The number of aliphatic hydroxyl groups excluding tert-OH is 1. The summed E-state index contributed by atoms with van der Waals surface area (Å²) in [4.78, 5) is 28.2. The highest BCUT2D eigenvalue weighted by Crippen LogP contribution is 2.38. The highest BCUT2D eigenvalue weighted by atomic mass is 16.5. The number of methoxy groups -OCH3 is 1. The van der Waals surface area contributed by atoms with Crippen molar-refractivity contribution in [3.05, 3.63) is 41.2 Å². The van der Waals surface area contributed by atoms with Gasteiger partial charge in [0.25, 0.3) is 5.91 Å². The van der Waals surface area contributed by atoms with Crippen molar-refractivity contribution in [1.29, 1.82) is 0 Å². The van der Waals surface area contributed by atoms with Gasteiger partial charge < -0.3 is 19.6 Å². The molecule has 24 heavy (non-hydrogen) atoms. The standard InChI is InChI=1S/C18H24N2O4/c1-5-14(21)15-16(12-6-8-13(9-7-12)19(2)3)20(10-11-24-4)18(23)17(15)22/h6-9,16,22H,5,10-11H2,1-4H3. The molecule has 0 spiro atoms. The molecule has 1 heterocycles. The maximum Gasteiger partial charge on any atom is 0.290 e. The van der Waals surface area contributed by atoms with Crippen molar-refractivity contribution in [3.8, 4) is 0 Å². The number of anilines is 1. The molecule has 1 aromatic rings. The van der Waals surface area contributed by atoms with Crippen LogP contribution in [0.1, 0.15) is 24.9 Å². The summed E-state index contributed by atoms with van der Waals surface area (Å²) in [6.45, 7) is 2.36. The highest BCUT2D eigenvalue weighted by Gasteiger charge is 2.42. The van der Waals surface area contributed by atoms with Crippen LogP contribution in [0.4, 0.5) is 5.69 Å². The average molecular weight is 332 g/mol. The molecule has 1 unspecified atom stereocenters. The number of hydrogen-bond donors (Lipinski definition) is 1. The first-order valence-electron chi connectivity index (χ1n) is 7.95. The molecule has 130 valence electrons. The average Bonchev–Trinajstić information content (AvgIpc) is 2.83. The van der Waals surface area contributed by atoms with Gasteiger partial charge in [-0.1, -0.05) is 19.1 Å². The Kier molecular flexibility index (Phi) is 5.62. The monoisotopic (exact) mass is 332 g/mol. The van der Waals surface area contributed by atoms with E-state index in [-0.39, 0.29) is 17.8 Å². The summed E-state index contributed by atoms with van der Waals surface area (Å²) in [6, 6.07) is 7.05. The fourth-order valence-electron chi connectivity index (χ4n) is 2.85. The van der Waals surface area contributed by atoms with E-state index in [1.807, 2.05) is 43.3 Å². The number of amides is 1. The number of nitrogens with zero attached hydrogens (tertiary/aromatic N) is 2. The number of Topliss-reactive ketones (excluding diaryl/α,β-unsaturated/α-hetero) is 1. The second-order valence-corrected chi connectivity index (χ2v) is 5.92. The molecule has 1 N–H and O–H groups in total. The van der Waals surface area contributed by atoms with Crippen LogP contribution >= 0.6 is 0 Å². The molecule has 0 radical (unpaired) electrons. The normalized spacial score (nSPS) is 17.6. The van der Waals surface area contributed by atoms with Gasteiger partial charge in [-0.25, -0.2) is 0 Å². The van der Waals surface area contributed by atoms with Gasteiger partial charge in [0.1, 0.15) is 0 Å². The number of carbonyl (C=O) groups excluding carboxylic acids is 2. The largest absolute Gasteiger partial charge is 0.503 e. The number of aliphatic hydroxyl groups is 1. The van der Waals surface area contributed by atoms with Crippen LogP contribution in [-0.2, 0) is 14.3 Å². The minimum atomic E-state index is -0.573. The minimum absolute atomic E-state index is 0.177. The first kappa shape index (κ1) is 18.0. The summed E-state index contributed by atoms with van der Waals surface area (Å²) in [5.74, 6) is -1.19. The number of carbonyl (C=O) groups is 2. The molecule has 1 aromatic carbocycles. The zero-order valence-electron chi connectivity index (χ0n) is 14.6.